The summed E-state index contributed by atoms with van der Waals surface area (Å²) < 4.78 is 32.1. The second-order valence-electron chi connectivity index (χ2n) is 4.43. The van der Waals surface area contributed by atoms with Gasteiger partial charge in [-0.25, -0.2) is 8.42 Å². The van der Waals surface area contributed by atoms with E-state index in [1.807, 2.05) is 6.92 Å². The third kappa shape index (κ3) is 3.34. The lowest BCUT2D eigenvalue weighted by molar-refractivity contribution is 0.436. The minimum Gasteiger partial charge on any atom is -0.464 e. The van der Waals surface area contributed by atoms with Crippen molar-refractivity contribution >= 4 is 21.8 Å². The zero-order valence-electron chi connectivity index (χ0n) is 11.3. The number of nitrogens with one attached hydrogen (secondary N) is 1. The van der Waals surface area contributed by atoms with E-state index < -0.39 is 10.0 Å². The van der Waals surface area contributed by atoms with E-state index in [2.05, 4.69) is 5.32 Å². The molecule has 2 rings (SSSR count). The maximum atomic E-state index is 12.5. The van der Waals surface area contributed by atoms with Crippen LogP contribution >= 0.6 is 11.8 Å². The molecule has 1 aliphatic rings. The van der Waals surface area contributed by atoms with Crippen LogP contribution in [0, 0.1) is 6.92 Å². The van der Waals surface area contributed by atoms with E-state index in [1.165, 1.54) is 0 Å². The van der Waals surface area contributed by atoms with E-state index in [0.29, 0.717) is 36.1 Å². The first-order valence-electron chi connectivity index (χ1n) is 6.43. The number of aryl methyl sites for hydroxylation is 1. The Labute approximate surface area is 118 Å². The van der Waals surface area contributed by atoms with Crippen LogP contribution < -0.4 is 5.32 Å². The van der Waals surface area contributed by atoms with Crippen LogP contribution in [-0.4, -0.2) is 43.9 Å². The highest BCUT2D eigenvalue weighted by molar-refractivity contribution is 7.99. The quantitative estimate of drug-likeness (QED) is 0.892. The first-order chi connectivity index (χ1) is 9.05. The van der Waals surface area contributed by atoms with Crippen molar-refractivity contribution in [3.05, 3.63) is 17.6 Å². The van der Waals surface area contributed by atoms with Crippen LogP contribution in [0.5, 0.6) is 0 Å². The van der Waals surface area contributed by atoms with Gasteiger partial charge in [-0.15, -0.1) is 0 Å². The molecule has 2 heterocycles. The molecule has 0 unspecified atom stereocenters. The SMILES string of the molecule is CCNCc1cc(S(=O)(=O)N2CCSCC2)c(C)o1. The smallest absolute Gasteiger partial charge is 0.246 e. The van der Waals surface area contributed by atoms with Gasteiger partial charge in [0, 0.05) is 30.7 Å². The minimum absolute atomic E-state index is 0.312. The van der Waals surface area contributed by atoms with Crippen LogP contribution in [0.25, 0.3) is 0 Å². The molecule has 0 bridgehead atoms. The largest absolute Gasteiger partial charge is 0.464 e. The van der Waals surface area contributed by atoms with Crippen molar-refractivity contribution in [2.75, 3.05) is 31.1 Å². The van der Waals surface area contributed by atoms with Gasteiger partial charge in [-0.2, -0.15) is 16.1 Å². The number of thioether (sulfide) groups is 1. The average molecular weight is 304 g/mol. The summed E-state index contributed by atoms with van der Waals surface area (Å²) in [7, 11) is -3.40. The van der Waals surface area contributed by atoms with Crippen molar-refractivity contribution in [3.63, 3.8) is 0 Å². The van der Waals surface area contributed by atoms with E-state index >= 15 is 0 Å². The van der Waals surface area contributed by atoms with Crippen LogP contribution in [0.15, 0.2) is 15.4 Å². The molecule has 0 aliphatic carbocycles. The van der Waals surface area contributed by atoms with Crippen LogP contribution in [0.3, 0.4) is 0 Å². The first-order valence-corrected chi connectivity index (χ1v) is 9.03. The van der Waals surface area contributed by atoms with E-state index in [1.54, 1.807) is 29.1 Å². The van der Waals surface area contributed by atoms with Gasteiger partial charge in [0.2, 0.25) is 10.0 Å². The standard InChI is InChI=1S/C12H20N2O3S2/c1-3-13-9-11-8-12(10(2)17-11)19(15,16)14-4-6-18-7-5-14/h8,13H,3-7,9H2,1-2H3. The lowest BCUT2D eigenvalue weighted by atomic mass is 10.4. The van der Waals surface area contributed by atoms with Crippen molar-refractivity contribution in [1.29, 1.82) is 0 Å². The molecule has 1 aromatic heterocycles. The molecular formula is C12H20N2O3S2. The molecule has 7 heteroatoms. The molecule has 1 N–H and O–H groups in total. The molecule has 19 heavy (non-hydrogen) atoms. The number of hydrogen-bond acceptors (Lipinski definition) is 5. The second kappa shape index (κ2) is 6.30. The summed E-state index contributed by atoms with van der Waals surface area (Å²) in [6.07, 6.45) is 0. The summed E-state index contributed by atoms with van der Waals surface area (Å²) in [5.74, 6) is 2.87. The lowest BCUT2D eigenvalue weighted by Gasteiger charge is -2.25. The molecule has 108 valence electrons. The van der Waals surface area contributed by atoms with Crippen molar-refractivity contribution in [3.8, 4) is 0 Å². The van der Waals surface area contributed by atoms with Crippen molar-refractivity contribution in [2.24, 2.45) is 0 Å². The molecule has 0 amide bonds. The maximum Gasteiger partial charge on any atom is 0.246 e. The van der Waals surface area contributed by atoms with Crippen LogP contribution in [-0.2, 0) is 16.6 Å². The molecule has 0 radical (unpaired) electrons. The molecule has 0 saturated carbocycles. The maximum absolute atomic E-state index is 12.5. The van der Waals surface area contributed by atoms with Gasteiger partial charge >= 0.3 is 0 Å². The molecule has 5 nitrogen and oxygen atoms in total. The lowest BCUT2D eigenvalue weighted by Crippen LogP contribution is -2.37. The Hall–Kier alpha value is -0.500. The molecule has 1 saturated heterocycles. The van der Waals surface area contributed by atoms with E-state index in [-0.39, 0.29) is 0 Å². The number of hydrogen-bond donors (Lipinski definition) is 1. The predicted molar refractivity (Wildman–Crippen MR) is 76.9 cm³/mol. The monoisotopic (exact) mass is 304 g/mol. The minimum atomic E-state index is -3.40. The van der Waals surface area contributed by atoms with Gasteiger partial charge in [-0.05, 0) is 13.5 Å². The fraction of sp³-hybridized carbons (Fsp3) is 0.667. The number of sulfonamides is 1. The van der Waals surface area contributed by atoms with Gasteiger partial charge in [0.25, 0.3) is 0 Å². The molecule has 1 aliphatic heterocycles. The molecule has 1 fully saturated rings. The molecule has 0 spiro atoms. The van der Waals surface area contributed by atoms with Gasteiger partial charge < -0.3 is 9.73 Å². The van der Waals surface area contributed by atoms with Crippen molar-refractivity contribution in [2.45, 2.75) is 25.3 Å². The van der Waals surface area contributed by atoms with Gasteiger partial charge in [0.1, 0.15) is 16.4 Å². The Morgan fingerprint density at radius 3 is 2.74 bits per heavy atom. The third-order valence-corrected chi connectivity index (χ3v) is 6.01. The summed E-state index contributed by atoms with van der Waals surface area (Å²) in [6.45, 7) is 6.26. The van der Waals surface area contributed by atoms with E-state index in [4.69, 9.17) is 4.42 Å². The van der Waals surface area contributed by atoms with Crippen LogP contribution in [0.4, 0.5) is 0 Å². The fourth-order valence-electron chi connectivity index (χ4n) is 2.04. The highest BCUT2D eigenvalue weighted by atomic mass is 32.2. The number of rotatable bonds is 5. The summed E-state index contributed by atoms with van der Waals surface area (Å²) in [4.78, 5) is 0.312. The summed E-state index contributed by atoms with van der Waals surface area (Å²) >= 11 is 1.79. The number of furan rings is 1. The van der Waals surface area contributed by atoms with Crippen LogP contribution in [0.2, 0.25) is 0 Å². The van der Waals surface area contributed by atoms with Gasteiger partial charge in [0.15, 0.2) is 0 Å². The molecule has 0 aromatic carbocycles. The Morgan fingerprint density at radius 1 is 1.42 bits per heavy atom. The zero-order chi connectivity index (χ0) is 13.9. The Bertz CT molecular complexity index is 519. The summed E-state index contributed by atoms with van der Waals surface area (Å²) in [5, 5.41) is 3.13. The highest BCUT2D eigenvalue weighted by Crippen LogP contribution is 2.25. The van der Waals surface area contributed by atoms with E-state index in [9.17, 15) is 8.42 Å². The van der Waals surface area contributed by atoms with Crippen LogP contribution in [0.1, 0.15) is 18.4 Å². The predicted octanol–water partition coefficient (Wildman–Crippen LogP) is 1.44. The summed E-state index contributed by atoms with van der Waals surface area (Å²) in [6, 6.07) is 1.65. The Kier molecular flexibility index (Phi) is 4.94. The van der Waals surface area contributed by atoms with Gasteiger partial charge in [-0.3, -0.25) is 0 Å². The third-order valence-electron chi connectivity index (χ3n) is 3.06. The van der Waals surface area contributed by atoms with E-state index in [0.717, 1.165) is 18.1 Å². The van der Waals surface area contributed by atoms with Gasteiger partial charge in [0.05, 0.1) is 6.54 Å². The number of nitrogens with zero attached hydrogens (tertiary/aromatic N) is 1. The summed E-state index contributed by atoms with van der Waals surface area (Å²) in [5.41, 5.74) is 0. The second-order valence-corrected chi connectivity index (χ2v) is 7.56. The van der Waals surface area contributed by atoms with Gasteiger partial charge in [-0.1, -0.05) is 6.92 Å². The highest BCUT2D eigenvalue weighted by Gasteiger charge is 2.29. The molecule has 1 aromatic rings. The average Bonchev–Trinajstić information content (AvgIpc) is 2.79. The fourth-order valence-corrected chi connectivity index (χ4v) is 4.80. The normalized spacial score (nSPS) is 17.8. The van der Waals surface area contributed by atoms with Crippen molar-refractivity contribution in [1.82, 2.24) is 9.62 Å². The Morgan fingerprint density at radius 2 is 2.11 bits per heavy atom. The first kappa shape index (κ1) is 14.9. The zero-order valence-corrected chi connectivity index (χ0v) is 12.9. The van der Waals surface area contributed by atoms with Crippen molar-refractivity contribution < 1.29 is 12.8 Å². The Balaban J connectivity index is 2.21. The molecule has 0 atom stereocenters. The molecular weight excluding hydrogens is 284 g/mol. The topological polar surface area (TPSA) is 62.6 Å².